The van der Waals surface area contributed by atoms with Crippen LogP contribution in [0.4, 0.5) is 0 Å². The third-order valence-corrected chi connectivity index (χ3v) is 15.6. The molecule has 97 heavy (non-hydrogen) atoms. The van der Waals surface area contributed by atoms with Crippen molar-refractivity contribution in [1.82, 2.24) is 18.3 Å². The first-order valence-electron chi connectivity index (χ1n) is 32.3. The van der Waals surface area contributed by atoms with Gasteiger partial charge in [0.05, 0.1) is 69.5 Å². The summed E-state index contributed by atoms with van der Waals surface area (Å²) in [6, 6.07) is 88.1. The number of ether oxygens (including phenoxy) is 4. The van der Waals surface area contributed by atoms with Gasteiger partial charge in [-0.15, -0.1) is 0 Å². The Balaban J connectivity index is 0.000000146. The Hall–Kier alpha value is -9.19. The van der Waals surface area contributed by atoms with Crippen LogP contribution in [0.5, 0.6) is 0 Å². The number of aromatic nitrogens is 4. The van der Waals surface area contributed by atoms with Crippen molar-refractivity contribution >= 4 is 67.6 Å². The van der Waals surface area contributed by atoms with Crippen molar-refractivity contribution in [1.29, 1.82) is 0 Å². The average molecular weight is 1320 g/mol. The first-order valence-corrected chi connectivity index (χ1v) is 32.3. The Labute approximate surface area is 610 Å². The summed E-state index contributed by atoms with van der Waals surface area (Å²) in [4.78, 5) is 36.4. The number of carbonyl (C=O) groups excluding carboxylic acids is 3. The van der Waals surface area contributed by atoms with Gasteiger partial charge in [0.15, 0.2) is 12.2 Å². The van der Waals surface area contributed by atoms with Crippen LogP contribution in [0.2, 0.25) is 0 Å². The molecule has 3 unspecified atom stereocenters. The average Bonchev–Trinajstić information content (AvgIpc) is 1.65. The van der Waals surface area contributed by atoms with Gasteiger partial charge in [-0.25, -0.2) is 9.59 Å². The Bertz CT molecular complexity index is 4730. The quantitative estimate of drug-likeness (QED) is 0.0829. The van der Waals surface area contributed by atoms with Gasteiger partial charge >= 0.3 is 63.3 Å². The zero-order chi connectivity index (χ0) is 67.8. The van der Waals surface area contributed by atoms with E-state index in [0.29, 0.717) is 18.0 Å². The van der Waals surface area contributed by atoms with E-state index in [0.717, 1.165) is 61.9 Å². The summed E-state index contributed by atoms with van der Waals surface area (Å²) in [6.45, 7) is 15.4. The topological polar surface area (TPSA) is 151 Å². The molecule has 4 heterocycles. The number of fused-ring (bicyclic) bond motifs is 5. The van der Waals surface area contributed by atoms with Crippen LogP contribution in [0.3, 0.4) is 0 Å². The number of carboxylic acids is 1. The largest absolute Gasteiger partial charge is 1.00 e. The van der Waals surface area contributed by atoms with Crippen LogP contribution in [-0.2, 0) is 39.8 Å². The van der Waals surface area contributed by atoms with E-state index in [9.17, 15) is 24.6 Å². The number of hydrogen-bond donors (Lipinski definition) is 1. The van der Waals surface area contributed by atoms with E-state index >= 15 is 0 Å². The maximum atomic E-state index is 12.7. The van der Waals surface area contributed by atoms with Gasteiger partial charge in [-0.1, -0.05) is 182 Å². The van der Waals surface area contributed by atoms with Gasteiger partial charge in [-0.05, 0) is 175 Å². The number of carbonyl (C=O) groups is 3. The third-order valence-electron chi connectivity index (χ3n) is 15.6. The van der Waals surface area contributed by atoms with E-state index in [2.05, 4.69) is 106 Å². The minimum Gasteiger partial charge on any atom is -0.547 e. The summed E-state index contributed by atoms with van der Waals surface area (Å²) >= 11 is 0. The Kier molecular flexibility index (Phi) is 25.0. The molecule has 1 aliphatic rings. The molecule has 3 atom stereocenters. The summed E-state index contributed by atoms with van der Waals surface area (Å²) < 4.78 is 30.3. The number of aliphatic hydroxyl groups excluding tert-OH is 1. The second-order valence-corrected chi connectivity index (χ2v) is 24.7. The van der Waals surface area contributed by atoms with Crippen molar-refractivity contribution < 1.29 is 94.9 Å². The Morgan fingerprint density at radius 2 is 0.794 bits per heavy atom. The number of benzene rings is 9. The van der Waals surface area contributed by atoms with Crippen LogP contribution in [0, 0.1) is 0 Å². The summed E-state index contributed by atoms with van der Waals surface area (Å²) in [6.07, 6.45) is 4.34. The monoisotopic (exact) mass is 1320 g/mol. The molecule has 488 valence electrons. The fourth-order valence-electron chi connectivity index (χ4n) is 11.5. The molecule has 14 heteroatoms. The first kappa shape index (κ1) is 72.1. The second kappa shape index (κ2) is 33.7. The number of allylic oxidation sites excluding steroid dienone is 1. The van der Waals surface area contributed by atoms with Crippen molar-refractivity contribution in [2.75, 3.05) is 13.2 Å². The van der Waals surface area contributed by atoms with Crippen molar-refractivity contribution in [3.05, 3.63) is 307 Å². The standard InChI is InChI=1S/C22H25NO3.C20H21NO3.C18H17NO3.C14H11N.C9H8.K/c1-5-25-21(24)20(26-22(2,3)4)19-15-16-11-9-10-14-18(16)23(19)17-12-7-6-8-13-17;1-20(2,3)24-18(19(22)23)17-13-14-9-7-8-12-16(14)21(17)15-10-5-4-6-11-15;1-2-22-18(21)17(20)16-12-13-8-6-7-11-15(13)19(16)14-9-4-3-5-10-14;1-2-7-13(8-3-1)15-11-10-12-6-4-5-9-14(12)15;1-2-5-9-7-3-6-8(9)4-1;/h6-15,20H,5H2,1-4H3;4-13,18H,1-3H3,(H,22,23);3-12,17,20H,2H2,1H3;1-11H;1-6H,7H2;/q;;;;;+1/p-1. The van der Waals surface area contributed by atoms with Gasteiger partial charge in [-0.3, -0.25) is 0 Å². The molecule has 0 saturated heterocycles. The number of carboxylic acid groups (broad SMARTS) is 1. The number of esters is 2. The van der Waals surface area contributed by atoms with Gasteiger partial charge < -0.3 is 52.2 Å². The van der Waals surface area contributed by atoms with Gasteiger partial charge in [-0.2, -0.15) is 0 Å². The van der Waals surface area contributed by atoms with E-state index in [1.165, 1.54) is 27.7 Å². The number of aliphatic hydroxyl groups is 1. The van der Waals surface area contributed by atoms with Crippen LogP contribution in [0.15, 0.2) is 279 Å². The predicted molar refractivity (Wildman–Crippen MR) is 383 cm³/mol. The van der Waals surface area contributed by atoms with Crippen molar-refractivity contribution in [2.24, 2.45) is 0 Å². The number of para-hydroxylation sites is 8. The van der Waals surface area contributed by atoms with Crippen molar-refractivity contribution in [3.63, 3.8) is 0 Å². The second-order valence-electron chi connectivity index (χ2n) is 24.7. The normalized spacial score (nSPS) is 12.4. The molecular weight excluding hydrogens is 1240 g/mol. The Morgan fingerprint density at radius 3 is 1.24 bits per heavy atom. The molecule has 13 nitrogen and oxygen atoms in total. The number of hydrogen-bond acceptors (Lipinski definition) is 9. The molecule has 1 N–H and O–H groups in total. The zero-order valence-electron chi connectivity index (χ0n) is 56.5. The Morgan fingerprint density at radius 1 is 0.433 bits per heavy atom. The number of rotatable bonds is 14. The van der Waals surface area contributed by atoms with E-state index in [4.69, 9.17) is 18.9 Å². The molecule has 4 aromatic heterocycles. The SMILES string of the molecule is C1=Cc2ccccc2C1.CC(C)(C)OC(C(=O)[O-])c1cc2ccccc2n1-c1ccccc1.CCOC(=O)C(O)c1cc2ccccc2n1-c1ccccc1.CCOC(=O)C(OC(C)(C)C)c1cc2ccccc2n1-c1ccccc1.[K+].c1ccc(-n2ccc3ccccc32)cc1. The molecule has 0 radical (unpaired) electrons. The fraction of sp³-hybridized carbons (Fsp3) is 0.193. The predicted octanol–water partition coefficient (Wildman–Crippen LogP) is 14.4. The van der Waals surface area contributed by atoms with E-state index in [1.807, 2.05) is 239 Å². The molecule has 1 aliphatic carbocycles. The third kappa shape index (κ3) is 18.3. The summed E-state index contributed by atoms with van der Waals surface area (Å²) in [5.74, 6) is -2.25. The van der Waals surface area contributed by atoms with Crippen LogP contribution in [0.25, 0.3) is 72.4 Å². The minimum absolute atomic E-state index is 0. The summed E-state index contributed by atoms with van der Waals surface area (Å²) in [7, 11) is 0. The maximum Gasteiger partial charge on any atom is 1.00 e. The van der Waals surface area contributed by atoms with Gasteiger partial charge in [0.1, 0.15) is 6.10 Å². The molecule has 0 amide bonds. The van der Waals surface area contributed by atoms with Crippen LogP contribution in [-0.4, -0.2) is 65.7 Å². The fourth-order valence-corrected chi connectivity index (χ4v) is 11.5. The molecule has 0 saturated carbocycles. The molecular formula is C83H81KN4O9. The number of nitrogens with zero attached hydrogens (tertiary/aromatic N) is 4. The van der Waals surface area contributed by atoms with Gasteiger partial charge in [0, 0.05) is 45.1 Å². The molecule has 9 aromatic carbocycles. The zero-order valence-corrected chi connectivity index (χ0v) is 59.6. The summed E-state index contributed by atoms with van der Waals surface area (Å²) in [5.41, 5.74) is 11.7. The molecule has 0 fully saturated rings. The summed E-state index contributed by atoms with van der Waals surface area (Å²) in [5, 5.41) is 26.4. The van der Waals surface area contributed by atoms with Gasteiger partial charge in [0.2, 0.25) is 0 Å². The molecule has 14 rings (SSSR count). The smallest absolute Gasteiger partial charge is 0.547 e. The first-order chi connectivity index (χ1) is 46.4. The van der Waals surface area contributed by atoms with Crippen LogP contribution >= 0.6 is 0 Å². The van der Waals surface area contributed by atoms with Crippen LogP contribution in [0.1, 0.15) is 102 Å². The molecule has 0 spiro atoms. The van der Waals surface area contributed by atoms with E-state index in [1.54, 1.807) is 13.8 Å². The van der Waals surface area contributed by atoms with E-state index < -0.39 is 41.5 Å². The molecule has 13 aromatic rings. The van der Waals surface area contributed by atoms with Gasteiger partial charge in [0.25, 0.3) is 0 Å². The van der Waals surface area contributed by atoms with Crippen molar-refractivity contribution in [2.45, 2.75) is 91.3 Å². The minimum atomic E-state index is -1.31. The molecule has 0 bridgehead atoms. The number of aliphatic carboxylic acids is 1. The maximum absolute atomic E-state index is 12.7. The van der Waals surface area contributed by atoms with Crippen molar-refractivity contribution in [3.8, 4) is 22.7 Å². The van der Waals surface area contributed by atoms with E-state index in [-0.39, 0.29) is 64.0 Å². The molecule has 0 aliphatic heterocycles. The van der Waals surface area contributed by atoms with Crippen LogP contribution < -0.4 is 56.5 Å².